The Morgan fingerprint density at radius 1 is 1.18 bits per heavy atom. The monoisotopic (exact) mass is 394 g/mol. The molecular formula is C20H26O8. The predicted octanol–water partition coefficient (Wildman–Crippen LogP) is 2.50. The first-order valence-electron chi connectivity index (χ1n) is 9.41. The van der Waals surface area contributed by atoms with Crippen molar-refractivity contribution < 1.29 is 34.0 Å². The molecule has 1 atom stereocenters. The van der Waals surface area contributed by atoms with Crippen LogP contribution in [-0.4, -0.2) is 40.6 Å². The van der Waals surface area contributed by atoms with E-state index in [1.807, 2.05) is 0 Å². The number of carbonyl (C=O) groups is 1. The molecule has 2 aromatic rings. The van der Waals surface area contributed by atoms with Crippen molar-refractivity contribution in [2.45, 2.75) is 51.6 Å². The van der Waals surface area contributed by atoms with Gasteiger partial charge in [0.1, 0.15) is 11.3 Å². The maximum absolute atomic E-state index is 12.1. The van der Waals surface area contributed by atoms with Crippen molar-refractivity contribution in [3.63, 3.8) is 0 Å². The first-order valence-corrected chi connectivity index (χ1v) is 9.41. The van der Waals surface area contributed by atoms with Crippen LogP contribution in [0.3, 0.4) is 0 Å². The van der Waals surface area contributed by atoms with Gasteiger partial charge in [0, 0.05) is 6.07 Å². The maximum Gasteiger partial charge on any atom is 0.383 e. The van der Waals surface area contributed by atoms with E-state index in [9.17, 15) is 19.8 Å². The van der Waals surface area contributed by atoms with Crippen LogP contribution < -0.4 is 15.1 Å². The summed E-state index contributed by atoms with van der Waals surface area (Å²) in [5, 5.41) is 28.5. The predicted molar refractivity (Wildman–Crippen MR) is 102 cm³/mol. The highest BCUT2D eigenvalue weighted by molar-refractivity contribution is 5.87. The zero-order valence-electron chi connectivity index (χ0n) is 15.8. The summed E-state index contributed by atoms with van der Waals surface area (Å²) in [5.41, 5.74) is -0.840. The van der Waals surface area contributed by atoms with Crippen LogP contribution in [0.2, 0.25) is 0 Å². The van der Waals surface area contributed by atoms with Gasteiger partial charge in [-0.3, -0.25) is 0 Å². The van der Waals surface area contributed by atoms with Crippen LogP contribution in [0.4, 0.5) is 0 Å². The summed E-state index contributed by atoms with van der Waals surface area (Å²) < 4.78 is 15.5. The summed E-state index contributed by atoms with van der Waals surface area (Å²) in [6, 6.07) is 4.00. The fraction of sp³-hybridized carbons (Fsp3) is 0.500. The summed E-state index contributed by atoms with van der Waals surface area (Å²) in [6.07, 6.45) is 4.72. The molecule has 0 aliphatic carbocycles. The van der Waals surface area contributed by atoms with Gasteiger partial charge in [0.25, 0.3) is 0 Å². The first-order chi connectivity index (χ1) is 13.5. The summed E-state index contributed by atoms with van der Waals surface area (Å²) in [4.78, 5) is 23.6. The summed E-state index contributed by atoms with van der Waals surface area (Å²) in [7, 11) is 0. The standard InChI is InChI=1S/C20H26O8/c1-2-3-4-5-6-7-10-26-18-17(23)14-9-8-13(11-16(14)28-20(18)25)27-19(24)15(22)12-21/h8-9,11,15,21-23H,2-7,10,12H2,1H3. The van der Waals surface area contributed by atoms with Gasteiger partial charge < -0.3 is 29.2 Å². The Hall–Kier alpha value is -2.58. The Balaban J connectivity index is 2.06. The van der Waals surface area contributed by atoms with Gasteiger partial charge in [0.15, 0.2) is 11.9 Å². The lowest BCUT2D eigenvalue weighted by Crippen LogP contribution is -2.28. The van der Waals surface area contributed by atoms with Crippen molar-refractivity contribution in [2.75, 3.05) is 13.2 Å². The number of hydrogen-bond donors (Lipinski definition) is 3. The Labute approximate surface area is 162 Å². The van der Waals surface area contributed by atoms with Gasteiger partial charge in [-0.2, -0.15) is 0 Å². The van der Waals surface area contributed by atoms with E-state index >= 15 is 0 Å². The second kappa shape index (κ2) is 10.7. The average molecular weight is 394 g/mol. The minimum absolute atomic E-state index is 0.00166. The van der Waals surface area contributed by atoms with Crippen LogP contribution in [0.5, 0.6) is 17.2 Å². The number of aromatic hydroxyl groups is 1. The highest BCUT2D eigenvalue weighted by Crippen LogP contribution is 2.33. The van der Waals surface area contributed by atoms with Crippen LogP contribution >= 0.6 is 0 Å². The number of aliphatic hydroxyl groups is 2. The Kier molecular flexibility index (Phi) is 8.28. The third kappa shape index (κ3) is 5.71. The maximum atomic E-state index is 12.1. The fourth-order valence-corrected chi connectivity index (χ4v) is 2.65. The average Bonchev–Trinajstić information content (AvgIpc) is 2.68. The number of fused-ring (bicyclic) bond motifs is 1. The Morgan fingerprint density at radius 3 is 2.61 bits per heavy atom. The van der Waals surface area contributed by atoms with Crippen LogP contribution in [-0.2, 0) is 4.79 Å². The number of carbonyl (C=O) groups excluding carboxylic acids is 1. The first kappa shape index (κ1) is 21.7. The smallest absolute Gasteiger partial charge is 0.383 e. The molecule has 0 spiro atoms. The molecule has 0 aliphatic rings. The summed E-state index contributed by atoms with van der Waals surface area (Å²) >= 11 is 0. The summed E-state index contributed by atoms with van der Waals surface area (Å²) in [6.45, 7) is 1.67. The number of hydrogen-bond acceptors (Lipinski definition) is 8. The normalized spacial score (nSPS) is 12.1. The molecule has 1 aromatic carbocycles. The van der Waals surface area contributed by atoms with Crippen molar-refractivity contribution >= 4 is 16.9 Å². The fourth-order valence-electron chi connectivity index (χ4n) is 2.65. The molecule has 0 radical (unpaired) electrons. The van der Waals surface area contributed by atoms with Crippen LogP contribution in [0.15, 0.2) is 27.4 Å². The minimum atomic E-state index is -1.67. The number of esters is 1. The van der Waals surface area contributed by atoms with E-state index in [-0.39, 0.29) is 28.2 Å². The van der Waals surface area contributed by atoms with Crippen LogP contribution in [0.1, 0.15) is 45.4 Å². The van der Waals surface area contributed by atoms with Crippen molar-refractivity contribution in [3.8, 4) is 17.2 Å². The second-order valence-electron chi connectivity index (χ2n) is 6.46. The van der Waals surface area contributed by atoms with Gasteiger partial charge in [-0.25, -0.2) is 9.59 Å². The molecule has 8 heteroatoms. The number of rotatable bonds is 11. The molecule has 0 amide bonds. The third-order valence-electron chi connectivity index (χ3n) is 4.22. The van der Waals surface area contributed by atoms with Crippen molar-refractivity contribution in [1.82, 2.24) is 0 Å². The Morgan fingerprint density at radius 2 is 1.89 bits per heavy atom. The molecule has 0 aliphatic heterocycles. The van der Waals surface area contributed by atoms with E-state index in [1.165, 1.54) is 37.5 Å². The van der Waals surface area contributed by atoms with E-state index < -0.39 is 24.3 Å². The van der Waals surface area contributed by atoms with Gasteiger partial charge in [-0.05, 0) is 18.6 Å². The zero-order valence-corrected chi connectivity index (χ0v) is 15.8. The van der Waals surface area contributed by atoms with E-state index in [0.717, 1.165) is 19.3 Å². The molecule has 1 heterocycles. The van der Waals surface area contributed by atoms with Gasteiger partial charge in [0.2, 0.25) is 5.75 Å². The molecule has 8 nitrogen and oxygen atoms in total. The highest BCUT2D eigenvalue weighted by Gasteiger charge is 2.19. The van der Waals surface area contributed by atoms with Gasteiger partial charge in [-0.15, -0.1) is 0 Å². The number of benzene rings is 1. The molecule has 154 valence electrons. The molecule has 1 aromatic heterocycles. The molecule has 28 heavy (non-hydrogen) atoms. The topological polar surface area (TPSA) is 126 Å². The van der Waals surface area contributed by atoms with E-state index in [2.05, 4.69) is 6.92 Å². The van der Waals surface area contributed by atoms with Crippen molar-refractivity contribution in [3.05, 3.63) is 28.6 Å². The molecule has 0 bridgehead atoms. The molecule has 1 unspecified atom stereocenters. The highest BCUT2D eigenvalue weighted by atomic mass is 16.6. The second-order valence-corrected chi connectivity index (χ2v) is 6.46. The van der Waals surface area contributed by atoms with Gasteiger partial charge in [-0.1, -0.05) is 39.0 Å². The lowest BCUT2D eigenvalue weighted by atomic mass is 10.1. The van der Waals surface area contributed by atoms with Gasteiger partial charge >= 0.3 is 11.6 Å². The van der Waals surface area contributed by atoms with E-state index in [1.54, 1.807) is 0 Å². The van der Waals surface area contributed by atoms with E-state index in [4.69, 9.17) is 19.0 Å². The molecule has 0 saturated heterocycles. The van der Waals surface area contributed by atoms with Crippen molar-refractivity contribution in [1.29, 1.82) is 0 Å². The third-order valence-corrected chi connectivity index (χ3v) is 4.22. The summed E-state index contributed by atoms with van der Waals surface area (Å²) in [5.74, 6) is -1.65. The lowest BCUT2D eigenvalue weighted by molar-refractivity contribution is -0.145. The van der Waals surface area contributed by atoms with Crippen LogP contribution in [0.25, 0.3) is 11.0 Å². The van der Waals surface area contributed by atoms with E-state index in [0.29, 0.717) is 6.61 Å². The molecular weight excluding hydrogens is 368 g/mol. The molecule has 2 rings (SSSR count). The molecule has 0 saturated carbocycles. The van der Waals surface area contributed by atoms with Gasteiger partial charge in [0.05, 0.1) is 18.6 Å². The molecule has 3 N–H and O–H groups in total. The number of aliphatic hydroxyl groups excluding tert-OH is 2. The quantitative estimate of drug-likeness (QED) is 0.230. The molecule has 0 fully saturated rings. The van der Waals surface area contributed by atoms with Crippen molar-refractivity contribution in [2.24, 2.45) is 0 Å². The lowest BCUT2D eigenvalue weighted by Gasteiger charge is -2.10. The zero-order chi connectivity index (χ0) is 20.5. The minimum Gasteiger partial charge on any atom is -0.504 e. The Bertz CT molecular complexity index is 842. The number of unbranched alkanes of at least 4 members (excludes halogenated alkanes) is 5. The SMILES string of the molecule is CCCCCCCCOc1c(O)c2ccc(OC(=O)C(O)CO)cc2oc1=O. The van der Waals surface area contributed by atoms with Crippen LogP contribution in [0, 0.1) is 0 Å². The largest absolute Gasteiger partial charge is 0.504 e. The number of ether oxygens (including phenoxy) is 2.